The summed E-state index contributed by atoms with van der Waals surface area (Å²) in [5.74, 6) is -0.912. The molecule has 5 nitrogen and oxygen atoms in total. The monoisotopic (exact) mass is 420 g/mol. The largest absolute Gasteiger partial charge is 0.510 e. The molecule has 0 amide bonds. The number of H-pyrrole nitrogens is 1. The maximum absolute atomic E-state index is 14.7. The number of aliphatic hydroxyl groups is 1. The normalized spacial score (nSPS) is 12.9. The van der Waals surface area contributed by atoms with Crippen LogP contribution in [0.5, 0.6) is 0 Å². The van der Waals surface area contributed by atoms with Crippen molar-refractivity contribution in [2.24, 2.45) is 0 Å². The third-order valence-electron chi connectivity index (χ3n) is 5.62. The Morgan fingerprint density at radius 1 is 1.32 bits per heavy atom. The number of aromatic amines is 1. The predicted octanol–water partition coefficient (Wildman–Crippen LogP) is 5.79. The summed E-state index contributed by atoms with van der Waals surface area (Å²) in [5.41, 5.74) is 3.01. The molecule has 2 aromatic heterocycles. The van der Waals surface area contributed by atoms with Gasteiger partial charge in [0.15, 0.2) is 6.17 Å². The van der Waals surface area contributed by atoms with Crippen molar-refractivity contribution in [1.82, 2.24) is 14.8 Å². The van der Waals surface area contributed by atoms with Gasteiger partial charge < -0.3 is 9.67 Å². The Kier molecular flexibility index (Phi) is 5.02. The minimum atomic E-state index is -1.67. The number of nitrogens with one attached hydrogen (secondary N) is 1. The molecule has 4 rings (SSSR count). The molecule has 0 radical (unpaired) electrons. The highest BCUT2D eigenvalue weighted by Crippen LogP contribution is 2.41. The molecule has 31 heavy (non-hydrogen) atoms. The molecule has 0 bridgehead atoms. The SMILES string of the molecule is C=C(O)[C@H](F)Cc1c(C(C)(C)CC#N)n(-c2ccc(F)cc2)c2cc3cn[nH]c3cc12. The van der Waals surface area contributed by atoms with Gasteiger partial charge in [-0.15, -0.1) is 0 Å². The van der Waals surface area contributed by atoms with Crippen LogP contribution in [0.3, 0.4) is 0 Å². The van der Waals surface area contributed by atoms with Gasteiger partial charge in [0, 0.05) is 40.4 Å². The first-order chi connectivity index (χ1) is 14.7. The highest BCUT2D eigenvalue weighted by molar-refractivity contribution is 5.98. The van der Waals surface area contributed by atoms with E-state index in [1.54, 1.807) is 18.3 Å². The first-order valence-corrected chi connectivity index (χ1v) is 9.88. The average Bonchev–Trinajstić information content (AvgIpc) is 3.29. The zero-order chi connectivity index (χ0) is 22.3. The van der Waals surface area contributed by atoms with Crippen molar-refractivity contribution >= 4 is 21.8 Å². The van der Waals surface area contributed by atoms with Gasteiger partial charge >= 0.3 is 0 Å². The number of fused-ring (bicyclic) bond motifs is 2. The van der Waals surface area contributed by atoms with Gasteiger partial charge in [0.2, 0.25) is 0 Å². The number of nitriles is 1. The van der Waals surface area contributed by atoms with Crippen molar-refractivity contribution in [1.29, 1.82) is 5.26 Å². The van der Waals surface area contributed by atoms with E-state index in [2.05, 4.69) is 22.8 Å². The molecule has 0 fully saturated rings. The van der Waals surface area contributed by atoms with Gasteiger partial charge in [0.1, 0.15) is 11.6 Å². The van der Waals surface area contributed by atoms with Crippen LogP contribution < -0.4 is 0 Å². The second-order valence-electron chi connectivity index (χ2n) is 8.35. The Morgan fingerprint density at radius 2 is 2.03 bits per heavy atom. The fourth-order valence-electron chi connectivity index (χ4n) is 4.14. The summed E-state index contributed by atoms with van der Waals surface area (Å²) in [6.07, 6.45) is 0.114. The second kappa shape index (κ2) is 7.55. The summed E-state index contributed by atoms with van der Waals surface area (Å²) < 4.78 is 30.3. The first kappa shape index (κ1) is 20.6. The van der Waals surface area contributed by atoms with E-state index in [0.29, 0.717) is 11.3 Å². The third kappa shape index (κ3) is 3.55. The predicted molar refractivity (Wildman–Crippen MR) is 117 cm³/mol. The lowest BCUT2D eigenvalue weighted by Crippen LogP contribution is -2.23. The van der Waals surface area contributed by atoms with Crippen molar-refractivity contribution in [3.05, 3.63) is 72.0 Å². The smallest absolute Gasteiger partial charge is 0.160 e. The van der Waals surface area contributed by atoms with Crippen LogP contribution in [-0.2, 0) is 11.8 Å². The van der Waals surface area contributed by atoms with Crippen LogP contribution in [-0.4, -0.2) is 26.0 Å². The topological polar surface area (TPSA) is 77.6 Å². The Hall–Kier alpha value is -3.66. The number of allylic oxidation sites excluding steroid dienone is 1. The van der Waals surface area contributed by atoms with Crippen molar-refractivity contribution in [3.63, 3.8) is 0 Å². The molecule has 2 N–H and O–H groups in total. The highest BCUT2D eigenvalue weighted by Gasteiger charge is 2.32. The van der Waals surface area contributed by atoms with Crippen LogP contribution in [0.4, 0.5) is 8.78 Å². The molecule has 0 saturated heterocycles. The van der Waals surface area contributed by atoms with Crippen molar-refractivity contribution in [3.8, 4) is 11.8 Å². The van der Waals surface area contributed by atoms with Gasteiger partial charge in [-0.25, -0.2) is 8.78 Å². The number of nitrogens with zero attached hydrogens (tertiary/aromatic N) is 3. The van der Waals surface area contributed by atoms with E-state index in [1.165, 1.54) is 12.1 Å². The number of aliphatic hydroxyl groups excluding tert-OH is 1. The van der Waals surface area contributed by atoms with Crippen LogP contribution in [0.15, 0.2) is 54.9 Å². The summed E-state index contributed by atoms with van der Waals surface area (Å²) in [6.45, 7) is 7.18. The van der Waals surface area contributed by atoms with E-state index in [9.17, 15) is 19.1 Å². The minimum absolute atomic E-state index is 0.107. The number of aromatic nitrogens is 3. The fraction of sp³-hybridized carbons (Fsp3) is 0.250. The molecule has 0 spiro atoms. The molecule has 2 aromatic carbocycles. The number of halogens is 2. The molecule has 0 unspecified atom stereocenters. The molecule has 158 valence electrons. The lowest BCUT2D eigenvalue weighted by molar-refractivity contribution is 0.260. The van der Waals surface area contributed by atoms with E-state index < -0.39 is 17.3 Å². The van der Waals surface area contributed by atoms with Crippen LogP contribution in [0.1, 0.15) is 31.5 Å². The van der Waals surface area contributed by atoms with E-state index in [-0.39, 0.29) is 18.7 Å². The Balaban J connectivity index is 2.14. The van der Waals surface area contributed by atoms with Crippen molar-refractivity contribution in [2.75, 3.05) is 0 Å². The highest BCUT2D eigenvalue weighted by atomic mass is 19.1. The van der Waals surface area contributed by atoms with Gasteiger partial charge in [-0.05, 0) is 42.0 Å². The molecule has 0 aliphatic heterocycles. The van der Waals surface area contributed by atoms with E-state index in [0.717, 1.165) is 27.5 Å². The Labute approximate surface area is 178 Å². The molecule has 0 aliphatic rings. The van der Waals surface area contributed by atoms with E-state index >= 15 is 0 Å². The zero-order valence-corrected chi connectivity index (χ0v) is 17.3. The van der Waals surface area contributed by atoms with Crippen LogP contribution in [0, 0.1) is 17.1 Å². The number of alkyl halides is 1. The number of benzene rings is 2. The minimum Gasteiger partial charge on any atom is -0.510 e. The maximum atomic E-state index is 14.7. The molecular weight excluding hydrogens is 398 g/mol. The molecule has 7 heteroatoms. The van der Waals surface area contributed by atoms with E-state index in [1.807, 2.05) is 30.5 Å². The Morgan fingerprint density at radius 3 is 2.68 bits per heavy atom. The summed E-state index contributed by atoms with van der Waals surface area (Å²) in [7, 11) is 0. The first-order valence-electron chi connectivity index (χ1n) is 9.88. The summed E-state index contributed by atoms with van der Waals surface area (Å²) >= 11 is 0. The van der Waals surface area contributed by atoms with Crippen molar-refractivity contribution in [2.45, 2.75) is 38.3 Å². The molecule has 0 aliphatic carbocycles. The third-order valence-corrected chi connectivity index (χ3v) is 5.62. The quantitative estimate of drug-likeness (QED) is 0.388. The number of hydrogen-bond donors (Lipinski definition) is 2. The van der Waals surface area contributed by atoms with Crippen LogP contribution in [0.2, 0.25) is 0 Å². The van der Waals surface area contributed by atoms with E-state index in [4.69, 9.17) is 0 Å². The zero-order valence-electron chi connectivity index (χ0n) is 17.3. The maximum Gasteiger partial charge on any atom is 0.160 e. The number of hydrogen-bond acceptors (Lipinski definition) is 3. The van der Waals surface area contributed by atoms with Crippen LogP contribution in [0.25, 0.3) is 27.5 Å². The van der Waals surface area contributed by atoms with Gasteiger partial charge in [0.25, 0.3) is 0 Å². The molecular formula is C24H22F2N4O. The van der Waals surface area contributed by atoms with Gasteiger partial charge in [-0.3, -0.25) is 5.10 Å². The Bertz CT molecular complexity index is 1330. The van der Waals surface area contributed by atoms with Crippen LogP contribution >= 0.6 is 0 Å². The molecule has 4 aromatic rings. The van der Waals surface area contributed by atoms with Gasteiger partial charge in [0.05, 0.1) is 23.3 Å². The second-order valence-corrected chi connectivity index (χ2v) is 8.35. The lowest BCUT2D eigenvalue weighted by atomic mass is 9.82. The summed E-state index contributed by atoms with van der Waals surface area (Å²) in [4.78, 5) is 0. The average molecular weight is 420 g/mol. The standard InChI is InChI=1S/C24H22F2N4O/c1-14(31)20(26)11-19-18-12-21-15(13-28-29-21)10-22(18)30(17-6-4-16(25)5-7-17)23(19)24(2,3)8-9-27/h4-7,10,12-13,20,31H,1,8,11H2,2-3H3,(H,28,29)/t20-/m1/s1. The number of rotatable bonds is 6. The van der Waals surface area contributed by atoms with Gasteiger partial charge in [-0.2, -0.15) is 10.4 Å². The molecule has 0 saturated carbocycles. The lowest BCUT2D eigenvalue weighted by Gasteiger charge is -2.27. The molecule has 2 heterocycles. The van der Waals surface area contributed by atoms with Crippen molar-refractivity contribution < 1.29 is 13.9 Å². The fourth-order valence-corrected chi connectivity index (χ4v) is 4.14. The van der Waals surface area contributed by atoms with Gasteiger partial charge in [-0.1, -0.05) is 20.4 Å². The summed E-state index contributed by atoms with van der Waals surface area (Å²) in [5, 5.41) is 27.8. The molecule has 1 atom stereocenters. The summed E-state index contributed by atoms with van der Waals surface area (Å²) in [6, 6.07) is 12.1.